The van der Waals surface area contributed by atoms with Gasteiger partial charge in [0.05, 0.1) is 12.2 Å². The summed E-state index contributed by atoms with van der Waals surface area (Å²) in [6.45, 7) is 2.19. The highest BCUT2D eigenvalue weighted by atomic mass is 79.9. The van der Waals surface area contributed by atoms with Crippen molar-refractivity contribution in [1.29, 1.82) is 0 Å². The number of halogens is 1. The number of hydrogen-bond acceptors (Lipinski definition) is 2. The maximum Gasteiger partial charge on any atom is 0.338 e. The largest absolute Gasteiger partial charge is 0.462 e. The molecule has 0 saturated carbocycles. The van der Waals surface area contributed by atoms with Crippen molar-refractivity contribution in [2.45, 2.75) is 6.92 Å². The fourth-order valence-corrected chi connectivity index (χ4v) is 2.23. The van der Waals surface area contributed by atoms with Gasteiger partial charge in [0.15, 0.2) is 0 Å². The maximum absolute atomic E-state index is 11.7. The first-order chi connectivity index (χ1) is 7.74. The van der Waals surface area contributed by atoms with Crippen molar-refractivity contribution in [3.63, 3.8) is 0 Å². The molecular weight excluding hydrogens is 268 g/mol. The summed E-state index contributed by atoms with van der Waals surface area (Å²) < 4.78 is 5.94. The highest BCUT2D eigenvalue weighted by molar-refractivity contribution is 9.10. The third-order valence-corrected chi connectivity index (χ3v) is 3.01. The summed E-state index contributed by atoms with van der Waals surface area (Å²) in [6, 6.07) is 11.5. The lowest BCUT2D eigenvalue weighted by Gasteiger charge is -2.01. The molecule has 0 amide bonds. The van der Waals surface area contributed by atoms with Crippen LogP contribution >= 0.6 is 15.9 Å². The van der Waals surface area contributed by atoms with E-state index in [1.54, 1.807) is 6.92 Å². The second kappa shape index (κ2) is 4.66. The molecule has 0 aromatic rings. The summed E-state index contributed by atoms with van der Waals surface area (Å²) in [7, 11) is 0. The molecule has 2 aliphatic rings. The number of rotatable bonds is 2. The molecule has 0 bridgehead atoms. The molecule has 0 unspecified atom stereocenters. The predicted octanol–water partition coefficient (Wildman–Crippen LogP) is 3.73. The Kier molecular flexibility index (Phi) is 3.25. The average Bonchev–Trinajstić information content (AvgIpc) is 2.47. The number of esters is 1. The number of carbonyl (C=O) groups excluding carboxylic acids is 1. The molecule has 3 heteroatoms. The van der Waals surface area contributed by atoms with Gasteiger partial charge in [0, 0.05) is 4.47 Å². The first kappa shape index (κ1) is 11.1. The van der Waals surface area contributed by atoms with E-state index >= 15 is 0 Å². The van der Waals surface area contributed by atoms with Gasteiger partial charge < -0.3 is 4.74 Å². The van der Waals surface area contributed by atoms with E-state index in [-0.39, 0.29) is 5.97 Å². The van der Waals surface area contributed by atoms with Gasteiger partial charge in [-0.1, -0.05) is 46.3 Å². The van der Waals surface area contributed by atoms with Gasteiger partial charge in [-0.2, -0.15) is 0 Å². The van der Waals surface area contributed by atoms with Crippen LogP contribution < -0.4 is 0 Å². The number of fused-ring (bicyclic) bond motifs is 1. The van der Waals surface area contributed by atoms with Gasteiger partial charge in [0.2, 0.25) is 0 Å². The monoisotopic (exact) mass is 278 g/mol. The zero-order valence-electron chi connectivity index (χ0n) is 8.87. The summed E-state index contributed by atoms with van der Waals surface area (Å²) in [5.41, 5.74) is 2.54. The molecule has 0 radical (unpaired) electrons. The van der Waals surface area contributed by atoms with Gasteiger partial charge in [-0.3, -0.25) is 0 Å². The molecule has 0 N–H and O–H groups in total. The minimum Gasteiger partial charge on any atom is -0.462 e. The lowest BCUT2D eigenvalue weighted by atomic mass is 10.1. The van der Waals surface area contributed by atoms with Gasteiger partial charge in [0.1, 0.15) is 0 Å². The van der Waals surface area contributed by atoms with E-state index in [0.717, 1.165) is 15.6 Å². The predicted molar refractivity (Wildman–Crippen MR) is 66.7 cm³/mol. The second-order valence-electron chi connectivity index (χ2n) is 3.36. The van der Waals surface area contributed by atoms with E-state index in [4.69, 9.17) is 4.74 Å². The van der Waals surface area contributed by atoms with E-state index < -0.39 is 0 Å². The molecule has 2 aliphatic carbocycles. The fourth-order valence-electron chi connectivity index (χ4n) is 1.65. The zero-order valence-corrected chi connectivity index (χ0v) is 10.5. The quantitative estimate of drug-likeness (QED) is 0.783. The molecule has 0 spiro atoms. The Bertz CT molecular complexity index is 494. The molecule has 0 heterocycles. The highest BCUT2D eigenvalue weighted by Crippen LogP contribution is 2.35. The van der Waals surface area contributed by atoms with Crippen molar-refractivity contribution < 1.29 is 9.53 Å². The van der Waals surface area contributed by atoms with Crippen LogP contribution in [0.25, 0.3) is 11.1 Å². The third kappa shape index (κ3) is 1.95. The lowest BCUT2D eigenvalue weighted by Crippen LogP contribution is -2.03. The van der Waals surface area contributed by atoms with Crippen molar-refractivity contribution in [3.8, 4) is 11.1 Å². The third-order valence-electron chi connectivity index (χ3n) is 2.35. The summed E-state index contributed by atoms with van der Waals surface area (Å²) in [5.74, 6) is -0.274. The summed E-state index contributed by atoms with van der Waals surface area (Å²) in [4.78, 5) is 11.7. The molecule has 0 atom stereocenters. The van der Waals surface area contributed by atoms with Gasteiger partial charge in [-0.15, -0.1) is 0 Å². The molecule has 82 valence electrons. The SMILES string of the molecule is CCOC(=O)c1cc(Br)c2cccccc1-2. The standard InChI is InChI=1S/C13H11BrO2/c1-2-16-13(15)11-8-12(14)10-7-5-3-4-6-9(10)11/h3-8H,2H2,1H3. The Balaban J connectivity index is 2.54. The van der Waals surface area contributed by atoms with Crippen LogP contribution in [0, 0.1) is 0 Å². The van der Waals surface area contributed by atoms with Crippen LogP contribution in [0.4, 0.5) is 0 Å². The van der Waals surface area contributed by atoms with Crippen LogP contribution in [0.5, 0.6) is 0 Å². The van der Waals surface area contributed by atoms with Gasteiger partial charge in [0.25, 0.3) is 0 Å². The molecule has 0 fully saturated rings. The van der Waals surface area contributed by atoms with E-state index in [0.29, 0.717) is 12.2 Å². The summed E-state index contributed by atoms with van der Waals surface area (Å²) in [6.07, 6.45) is 0. The molecule has 2 nitrogen and oxygen atoms in total. The van der Waals surface area contributed by atoms with Crippen molar-refractivity contribution in [1.82, 2.24) is 0 Å². The first-order valence-electron chi connectivity index (χ1n) is 5.08. The highest BCUT2D eigenvalue weighted by Gasteiger charge is 2.19. The fraction of sp³-hybridized carbons (Fsp3) is 0.154. The Hall–Kier alpha value is -1.35. The average molecular weight is 279 g/mol. The van der Waals surface area contributed by atoms with Crippen molar-refractivity contribution in [2.75, 3.05) is 6.61 Å². The zero-order chi connectivity index (χ0) is 11.5. The van der Waals surface area contributed by atoms with E-state index in [9.17, 15) is 4.79 Å². The minimum atomic E-state index is -0.274. The normalized spacial score (nSPS) is 10.4. The first-order valence-corrected chi connectivity index (χ1v) is 5.87. The minimum absolute atomic E-state index is 0.274. The smallest absolute Gasteiger partial charge is 0.338 e. The molecule has 2 rings (SSSR count). The lowest BCUT2D eigenvalue weighted by molar-refractivity contribution is 0.0527. The Labute approximate surface area is 103 Å². The van der Waals surface area contributed by atoms with Gasteiger partial charge in [-0.25, -0.2) is 4.79 Å². The molecule has 16 heavy (non-hydrogen) atoms. The maximum atomic E-state index is 11.7. The molecule has 0 saturated heterocycles. The van der Waals surface area contributed by atoms with E-state index in [1.165, 1.54) is 0 Å². The number of hydrogen-bond donors (Lipinski definition) is 0. The van der Waals surface area contributed by atoms with Crippen molar-refractivity contribution in [3.05, 3.63) is 46.4 Å². The Morgan fingerprint density at radius 3 is 2.62 bits per heavy atom. The molecule has 0 aromatic heterocycles. The Morgan fingerprint density at radius 1 is 1.25 bits per heavy atom. The molecule has 0 aliphatic heterocycles. The van der Waals surface area contributed by atoms with Crippen molar-refractivity contribution in [2.24, 2.45) is 0 Å². The summed E-state index contributed by atoms with van der Waals surface area (Å²) >= 11 is 3.45. The van der Waals surface area contributed by atoms with Crippen LogP contribution in [0.2, 0.25) is 0 Å². The van der Waals surface area contributed by atoms with E-state index in [2.05, 4.69) is 15.9 Å². The van der Waals surface area contributed by atoms with Crippen LogP contribution in [0.3, 0.4) is 0 Å². The van der Waals surface area contributed by atoms with Crippen LogP contribution in [0.1, 0.15) is 17.3 Å². The van der Waals surface area contributed by atoms with Crippen LogP contribution in [0.15, 0.2) is 40.9 Å². The number of carbonyl (C=O) groups is 1. The Morgan fingerprint density at radius 2 is 1.94 bits per heavy atom. The van der Waals surface area contributed by atoms with Crippen molar-refractivity contribution >= 4 is 21.9 Å². The second-order valence-corrected chi connectivity index (χ2v) is 4.22. The van der Waals surface area contributed by atoms with Crippen LogP contribution in [-0.4, -0.2) is 12.6 Å². The van der Waals surface area contributed by atoms with Crippen LogP contribution in [-0.2, 0) is 4.74 Å². The van der Waals surface area contributed by atoms with Gasteiger partial charge in [-0.05, 0) is 24.1 Å². The summed E-state index contributed by atoms with van der Waals surface area (Å²) in [5, 5.41) is 0. The van der Waals surface area contributed by atoms with Gasteiger partial charge >= 0.3 is 5.97 Å². The van der Waals surface area contributed by atoms with E-state index in [1.807, 2.05) is 36.4 Å². The molecular formula is C13H11BrO2. The number of ether oxygens (including phenoxy) is 1. The topological polar surface area (TPSA) is 26.3 Å². The molecule has 0 aromatic carbocycles.